The Morgan fingerprint density at radius 2 is 2.00 bits per heavy atom. The van der Waals surface area contributed by atoms with E-state index in [4.69, 9.17) is 15.2 Å². The zero-order valence-electron chi connectivity index (χ0n) is 14.5. The van der Waals surface area contributed by atoms with Crippen molar-refractivity contribution < 1.29 is 14.3 Å². The Morgan fingerprint density at radius 1 is 1.35 bits per heavy atom. The highest BCUT2D eigenvalue weighted by atomic mass is 16.6. The van der Waals surface area contributed by atoms with Crippen LogP contribution < -0.4 is 10.5 Å². The highest BCUT2D eigenvalue weighted by molar-refractivity contribution is 5.68. The number of carbonyl (C=O) groups is 1. The predicted molar refractivity (Wildman–Crippen MR) is 89.6 cm³/mol. The van der Waals surface area contributed by atoms with E-state index in [-0.39, 0.29) is 6.09 Å². The third-order valence-corrected chi connectivity index (χ3v) is 3.76. The lowest BCUT2D eigenvalue weighted by Gasteiger charge is -2.33. The molecule has 2 heterocycles. The Labute approximate surface area is 138 Å². The first kappa shape index (κ1) is 17.4. The molecule has 1 aromatic heterocycles. The van der Waals surface area contributed by atoms with Gasteiger partial charge in [0.15, 0.2) is 0 Å². The number of nitrogens with two attached hydrogens (primary N) is 1. The summed E-state index contributed by atoms with van der Waals surface area (Å²) in [6.45, 7) is 9.44. The number of nitrogens with zero attached hydrogens (tertiary/aromatic N) is 2. The number of ether oxygens (including phenoxy) is 2. The summed E-state index contributed by atoms with van der Waals surface area (Å²) in [6.07, 6.45) is 1.49. The van der Waals surface area contributed by atoms with Gasteiger partial charge in [-0.1, -0.05) is 0 Å². The van der Waals surface area contributed by atoms with Crippen molar-refractivity contribution in [2.45, 2.75) is 52.1 Å². The maximum atomic E-state index is 12.1. The van der Waals surface area contributed by atoms with Gasteiger partial charge in [0.25, 0.3) is 0 Å². The van der Waals surface area contributed by atoms with Crippen LogP contribution in [0.1, 0.15) is 52.1 Å². The molecule has 0 radical (unpaired) electrons. The number of likely N-dealkylation sites (tertiary alicyclic amines) is 1. The summed E-state index contributed by atoms with van der Waals surface area (Å²) in [5.74, 6) is 0.813. The van der Waals surface area contributed by atoms with E-state index in [2.05, 4.69) is 4.98 Å². The average molecular weight is 321 g/mol. The molecule has 2 rings (SSSR count). The van der Waals surface area contributed by atoms with Crippen LogP contribution in [0.5, 0.6) is 5.88 Å². The standard InChI is InChI=1S/C17H27N3O3/c1-5-22-15-13(18)6-7-14(19-15)12-8-10-20(11-9-12)16(21)23-17(2,3)4/h6-7,12H,5,8-11,18H2,1-4H3. The molecule has 128 valence electrons. The van der Waals surface area contributed by atoms with E-state index < -0.39 is 5.60 Å². The summed E-state index contributed by atoms with van der Waals surface area (Å²) in [7, 11) is 0. The molecule has 1 aliphatic rings. The highest BCUT2D eigenvalue weighted by Crippen LogP contribution is 2.30. The van der Waals surface area contributed by atoms with Crippen molar-refractivity contribution >= 4 is 11.8 Å². The smallest absolute Gasteiger partial charge is 0.410 e. The van der Waals surface area contributed by atoms with E-state index in [1.165, 1.54) is 0 Å². The van der Waals surface area contributed by atoms with Crippen LogP contribution in [0.25, 0.3) is 0 Å². The van der Waals surface area contributed by atoms with Gasteiger partial charge in [0, 0.05) is 24.7 Å². The molecule has 0 bridgehead atoms. The molecule has 0 spiro atoms. The average Bonchev–Trinajstić information content (AvgIpc) is 2.48. The SMILES string of the molecule is CCOc1nc(C2CCN(C(=O)OC(C)(C)C)CC2)ccc1N. The summed E-state index contributed by atoms with van der Waals surface area (Å²) in [6, 6.07) is 3.79. The van der Waals surface area contributed by atoms with Crippen molar-refractivity contribution in [3.8, 4) is 5.88 Å². The number of rotatable bonds is 3. The van der Waals surface area contributed by atoms with E-state index in [1.807, 2.05) is 39.8 Å². The second-order valence-corrected chi connectivity index (χ2v) is 6.81. The van der Waals surface area contributed by atoms with E-state index in [1.54, 1.807) is 4.90 Å². The fourth-order valence-electron chi connectivity index (χ4n) is 2.63. The maximum Gasteiger partial charge on any atom is 0.410 e. The Morgan fingerprint density at radius 3 is 2.57 bits per heavy atom. The first-order valence-electron chi connectivity index (χ1n) is 8.17. The molecule has 1 aromatic rings. The Bertz CT molecular complexity index is 547. The van der Waals surface area contributed by atoms with Crippen LogP contribution in [-0.2, 0) is 4.74 Å². The molecule has 0 aromatic carbocycles. The number of amides is 1. The monoisotopic (exact) mass is 321 g/mol. The number of piperidine rings is 1. The van der Waals surface area contributed by atoms with Gasteiger partial charge < -0.3 is 20.1 Å². The van der Waals surface area contributed by atoms with Gasteiger partial charge in [0.2, 0.25) is 5.88 Å². The van der Waals surface area contributed by atoms with Crippen LogP contribution >= 0.6 is 0 Å². The van der Waals surface area contributed by atoms with Gasteiger partial charge in [-0.25, -0.2) is 9.78 Å². The molecule has 1 amide bonds. The minimum Gasteiger partial charge on any atom is -0.476 e. The Kier molecular flexibility index (Phi) is 5.34. The second-order valence-electron chi connectivity index (χ2n) is 6.81. The molecule has 0 unspecified atom stereocenters. The Hall–Kier alpha value is -1.98. The number of pyridine rings is 1. The third kappa shape index (κ3) is 4.74. The van der Waals surface area contributed by atoms with Crippen LogP contribution in [0.3, 0.4) is 0 Å². The van der Waals surface area contributed by atoms with Gasteiger partial charge in [-0.3, -0.25) is 0 Å². The molecule has 1 fully saturated rings. The van der Waals surface area contributed by atoms with E-state index in [0.717, 1.165) is 18.5 Å². The minimum absolute atomic E-state index is 0.240. The van der Waals surface area contributed by atoms with Crippen molar-refractivity contribution in [1.29, 1.82) is 0 Å². The zero-order valence-corrected chi connectivity index (χ0v) is 14.5. The molecule has 0 atom stereocenters. The van der Waals surface area contributed by atoms with E-state index >= 15 is 0 Å². The number of anilines is 1. The highest BCUT2D eigenvalue weighted by Gasteiger charge is 2.28. The van der Waals surface area contributed by atoms with Crippen molar-refractivity contribution in [3.63, 3.8) is 0 Å². The summed E-state index contributed by atoms with van der Waals surface area (Å²) >= 11 is 0. The first-order valence-corrected chi connectivity index (χ1v) is 8.17. The van der Waals surface area contributed by atoms with E-state index in [9.17, 15) is 4.79 Å². The van der Waals surface area contributed by atoms with Crippen molar-refractivity contribution in [2.75, 3.05) is 25.4 Å². The van der Waals surface area contributed by atoms with Crippen molar-refractivity contribution in [3.05, 3.63) is 17.8 Å². The molecule has 0 aliphatic carbocycles. The van der Waals surface area contributed by atoms with Gasteiger partial charge in [0.05, 0.1) is 12.3 Å². The van der Waals surface area contributed by atoms with Crippen LogP contribution in [0.2, 0.25) is 0 Å². The van der Waals surface area contributed by atoms with Gasteiger partial charge in [0.1, 0.15) is 5.60 Å². The van der Waals surface area contributed by atoms with Crippen LogP contribution in [0, 0.1) is 0 Å². The lowest BCUT2D eigenvalue weighted by molar-refractivity contribution is 0.0204. The zero-order chi connectivity index (χ0) is 17.0. The topological polar surface area (TPSA) is 77.7 Å². The quantitative estimate of drug-likeness (QED) is 0.925. The molecule has 1 aliphatic heterocycles. The summed E-state index contributed by atoms with van der Waals surface area (Å²) in [4.78, 5) is 18.4. The maximum absolute atomic E-state index is 12.1. The minimum atomic E-state index is -0.459. The fourth-order valence-corrected chi connectivity index (χ4v) is 2.63. The largest absolute Gasteiger partial charge is 0.476 e. The molecule has 1 saturated heterocycles. The summed E-state index contributed by atoms with van der Waals surface area (Å²) in [5, 5.41) is 0. The van der Waals surface area contributed by atoms with Gasteiger partial charge >= 0.3 is 6.09 Å². The second kappa shape index (κ2) is 7.06. The summed E-state index contributed by atoms with van der Waals surface area (Å²) in [5.41, 5.74) is 6.94. The fraction of sp³-hybridized carbons (Fsp3) is 0.647. The number of hydrogen-bond acceptors (Lipinski definition) is 5. The lowest BCUT2D eigenvalue weighted by Crippen LogP contribution is -2.41. The first-order chi connectivity index (χ1) is 10.8. The van der Waals surface area contributed by atoms with E-state index in [0.29, 0.717) is 37.2 Å². The number of nitrogen functional groups attached to an aromatic ring is 1. The number of hydrogen-bond donors (Lipinski definition) is 1. The van der Waals surface area contributed by atoms with Crippen molar-refractivity contribution in [2.24, 2.45) is 0 Å². The van der Waals surface area contributed by atoms with Gasteiger partial charge in [-0.15, -0.1) is 0 Å². The van der Waals surface area contributed by atoms with Gasteiger partial charge in [-0.2, -0.15) is 0 Å². The molecular weight excluding hydrogens is 294 g/mol. The molecule has 2 N–H and O–H groups in total. The number of aromatic nitrogens is 1. The van der Waals surface area contributed by atoms with Gasteiger partial charge in [-0.05, 0) is 52.7 Å². The molecular formula is C17H27N3O3. The number of carbonyl (C=O) groups excluding carboxylic acids is 1. The third-order valence-electron chi connectivity index (χ3n) is 3.76. The lowest BCUT2D eigenvalue weighted by atomic mass is 9.93. The molecule has 23 heavy (non-hydrogen) atoms. The van der Waals surface area contributed by atoms with Crippen LogP contribution in [0.4, 0.5) is 10.5 Å². The van der Waals surface area contributed by atoms with Crippen molar-refractivity contribution in [1.82, 2.24) is 9.88 Å². The Balaban J connectivity index is 1.96. The molecule has 6 heteroatoms. The predicted octanol–water partition coefficient (Wildman–Crippen LogP) is 3.18. The molecule has 6 nitrogen and oxygen atoms in total. The normalized spacial score (nSPS) is 16.3. The van der Waals surface area contributed by atoms with Crippen LogP contribution in [0.15, 0.2) is 12.1 Å². The molecule has 0 saturated carbocycles. The van der Waals surface area contributed by atoms with Crippen LogP contribution in [-0.4, -0.2) is 41.3 Å². The summed E-state index contributed by atoms with van der Waals surface area (Å²) < 4.78 is 10.9.